The van der Waals surface area contributed by atoms with Crippen LogP contribution in [0.25, 0.3) is 0 Å². The normalized spacial score (nSPS) is 26.3. The van der Waals surface area contributed by atoms with Crippen LogP contribution in [0.15, 0.2) is 18.2 Å². The standard InChI is InChI=1S/C33H55O5P.C5H7F5S.C2H6/c1-30(2,3)17-15-22-19-23-20-24(35-21-36-39(37-31(4,5)6)38-32(7,8)9)11-12-25(23)26-16-18-33(10)27(29(22)26)13-14-28(33)34;6-4(7,2-1-3-11)5(8,9)10;1-2/h11-12,20,22,26-29,34H,13-19,21H2,1-10H3;11H,1-3H2;1-2H3/t22-,26?,27?,28?,29?,33?;;/m1../s1. The number of halogens is 5. The second-order valence-electron chi connectivity index (χ2n) is 17.9. The first-order valence-corrected chi connectivity index (χ1v) is 20.8. The van der Waals surface area contributed by atoms with Crippen LogP contribution in [-0.2, 0) is 20.0 Å². The van der Waals surface area contributed by atoms with E-state index in [1.54, 1.807) is 0 Å². The number of fused-ring (bicyclic) bond motifs is 5. The van der Waals surface area contributed by atoms with Crippen molar-refractivity contribution in [1.82, 2.24) is 0 Å². The average Bonchev–Trinajstić information content (AvgIpc) is 3.31. The Morgan fingerprint density at radius 2 is 1.48 bits per heavy atom. The predicted octanol–water partition coefficient (Wildman–Crippen LogP) is 13.1. The van der Waals surface area contributed by atoms with E-state index >= 15 is 0 Å². The van der Waals surface area contributed by atoms with E-state index in [0.717, 1.165) is 25.0 Å². The topological polar surface area (TPSA) is 57.2 Å². The second kappa shape index (κ2) is 19.0. The van der Waals surface area contributed by atoms with Gasteiger partial charge >= 0.3 is 20.7 Å². The molecule has 1 aromatic carbocycles. The summed E-state index contributed by atoms with van der Waals surface area (Å²) in [5, 5.41) is 11.0. The van der Waals surface area contributed by atoms with Gasteiger partial charge in [0.25, 0.3) is 0 Å². The highest BCUT2D eigenvalue weighted by molar-refractivity contribution is 7.80. The lowest BCUT2D eigenvalue weighted by Gasteiger charge is -2.53. The minimum atomic E-state index is -5.42. The van der Waals surface area contributed by atoms with Gasteiger partial charge in [-0.3, -0.25) is 4.52 Å². The summed E-state index contributed by atoms with van der Waals surface area (Å²) < 4.78 is 82.2. The van der Waals surface area contributed by atoms with Crippen LogP contribution in [0.3, 0.4) is 0 Å². The van der Waals surface area contributed by atoms with Gasteiger partial charge < -0.3 is 18.9 Å². The number of alkyl halides is 5. The number of thiol groups is 1. The fourth-order valence-electron chi connectivity index (χ4n) is 7.83. The molecule has 0 aliphatic heterocycles. The molecule has 6 atom stereocenters. The van der Waals surface area contributed by atoms with E-state index in [-0.39, 0.29) is 41.7 Å². The Labute approximate surface area is 318 Å². The molecule has 0 radical (unpaired) electrons. The Morgan fingerprint density at radius 1 is 0.885 bits per heavy atom. The Bertz CT molecular complexity index is 1210. The Balaban J connectivity index is 0.000000617. The molecule has 1 aromatic rings. The van der Waals surface area contributed by atoms with E-state index < -0.39 is 27.1 Å². The lowest BCUT2D eigenvalue weighted by Crippen LogP contribution is -2.47. The fourth-order valence-corrected chi connectivity index (χ4v) is 9.16. The summed E-state index contributed by atoms with van der Waals surface area (Å²) in [4.78, 5) is 0. The Morgan fingerprint density at radius 3 is 2.00 bits per heavy atom. The Kier molecular flexibility index (Phi) is 17.3. The number of benzene rings is 1. The van der Waals surface area contributed by atoms with E-state index in [4.69, 9.17) is 18.3 Å². The van der Waals surface area contributed by atoms with E-state index in [1.165, 1.54) is 36.8 Å². The molecule has 0 saturated heterocycles. The van der Waals surface area contributed by atoms with Gasteiger partial charge in [0, 0.05) is 6.42 Å². The third kappa shape index (κ3) is 13.8. The van der Waals surface area contributed by atoms with Crippen molar-refractivity contribution in [3.8, 4) is 5.75 Å². The summed E-state index contributed by atoms with van der Waals surface area (Å²) in [6.07, 6.45) is 1.05. The van der Waals surface area contributed by atoms with Gasteiger partial charge in [-0.25, -0.2) is 0 Å². The van der Waals surface area contributed by atoms with Crippen LogP contribution in [0.1, 0.15) is 151 Å². The van der Waals surface area contributed by atoms with Crippen LogP contribution >= 0.6 is 21.2 Å². The van der Waals surface area contributed by atoms with Crippen molar-refractivity contribution in [3.05, 3.63) is 29.3 Å². The summed E-state index contributed by atoms with van der Waals surface area (Å²) in [6, 6.07) is 6.69. The summed E-state index contributed by atoms with van der Waals surface area (Å²) in [5.41, 5.74) is 2.63. The number of aliphatic hydroxyl groups excluding tert-OH is 1. The lowest BCUT2D eigenvalue weighted by molar-refractivity contribution is -0.284. The first-order chi connectivity index (χ1) is 23.8. The maximum Gasteiger partial charge on any atom is 0.453 e. The molecule has 52 heavy (non-hydrogen) atoms. The van der Waals surface area contributed by atoms with Gasteiger partial charge in [0.15, 0.2) is 6.79 Å². The number of ether oxygens (including phenoxy) is 1. The molecule has 5 unspecified atom stereocenters. The van der Waals surface area contributed by atoms with Crippen LogP contribution in [0.2, 0.25) is 0 Å². The molecule has 0 amide bonds. The van der Waals surface area contributed by atoms with Crippen molar-refractivity contribution in [2.24, 2.45) is 28.6 Å². The maximum atomic E-state index is 12.0. The molecular formula is C40H68F5O5PS. The largest absolute Gasteiger partial charge is 0.467 e. The minimum absolute atomic E-state index is 0.0334. The molecule has 0 spiro atoms. The molecule has 3 aliphatic rings. The van der Waals surface area contributed by atoms with Crippen LogP contribution in [0.4, 0.5) is 22.0 Å². The summed E-state index contributed by atoms with van der Waals surface area (Å²) >= 11 is 3.53. The molecular weight excluding hydrogens is 718 g/mol. The molecule has 0 bridgehead atoms. The predicted molar refractivity (Wildman–Crippen MR) is 205 cm³/mol. The molecule has 5 nitrogen and oxygen atoms in total. The molecule has 4 rings (SSSR count). The molecule has 2 saturated carbocycles. The van der Waals surface area contributed by atoms with Crippen LogP contribution < -0.4 is 4.74 Å². The molecule has 304 valence electrons. The van der Waals surface area contributed by atoms with E-state index in [1.807, 2.05) is 55.4 Å². The molecule has 3 aliphatic carbocycles. The van der Waals surface area contributed by atoms with Crippen molar-refractivity contribution in [2.75, 3.05) is 12.5 Å². The minimum Gasteiger partial charge on any atom is -0.467 e. The molecule has 0 heterocycles. The van der Waals surface area contributed by atoms with Crippen molar-refractivity contribution in [1.29, 1.82) is 0 Å². The van der Waals surface area contributed by atoms with Gasteiger partial charge in [-0.15, -0.1) is 0 Å². The lowest BCUT2D eigenvalue weighted by atomic mass is 9.52. The van der Waals surface area contributed by atoms with Crippen molar-refractivity contribution >= 4 is 21.2 Å². The zero-order valence-corrected chi connectivity index (χ0v) is 35.6. The number of hydrogen-bond acceptors (Lipinski definition) is 6. The van der Waals surface area contributed by atoms with Gasteiger partial charge in [-0.2, -0.15) is 34.6 Å². The summed E-state index contributed by atoms with van der Waals surface area (Å²) in [6.45, 7) is 25.6. The highest BCUT2D eigenvalue weighted by atomic mass is 32.1. The Hall–Kier alpha value is -0.710. The monoisotopic (exact) mass is 786 g/mol. The van der Waals surface area contributed by atoms with E-state index in [2.05, 4.69) is 58.5 Å². The van der Waals surface area contributed by atoms with Crippen LogP contribution in [-0.4, -0.2) is 47.1 Å². The van der Waals surface area contributed by atoms with Crippen LogP contribution in [0, 0.1) is 28.6 Å². The first kappa shape index (κ1) is 47.4. The zero-order chi connectivity index (χ0) is 39.9. The van der Waals surface area contributed by atoms with Gasteiger partial charge in [-0.05, 0) is 156 Å². The molecule has 0 aromatic heterocycles. The maximum absolute atomic E-state index is 12.0. The fraction of sp³-hybridized carbons (Fsp3) is 0.850. The zero-order valence-electron chi connectivity index (χ0n) is 33.8. The molecule has 2 fully saturated rings. The summed E-state index contributed by atoms with van der Waals surface area (Å²) in [7, 11) is -1.54. The van der Waals surface area contributed by atoms with E-state index in [0.29, 0.717) is 29.1 Å². The average molecular weight is 787 g/mol. The highest BCUT2D eigenvalue weighted by Gasteiger charge is 2.57. The molecule has 1 N–H and O–H groups in total. The van der Waals surface area contributed by atoms with Gasteiger partial charge in [0.05, 0.1) is 17.3 Å². The molecule has 12 heteroatoms. The van der Waals surface area contributed by atoms with Gasteiger partial charge in [0.2, 0.25) is 0 Å². The van der Waals surface area contributed by atoms with Crippen molar-refractivity contribution in [3.63, 3.8) is 0 Å². The first-order valence-electron chi connectivity index (χ1n) is 19.1. The van der Waals surface area contributed by atoms with Crippen molar-refractivity contribution in [2.45, 2.75) is 176 Å². The quantitative estimate of drug-likeness (QED) is 0.101. The van der Waals surface area contributed by atoms with Crippen molar-refractivity contribution < 1.29 is 45.4 Å². The van der Waals surface area contributed by atoms with Gasteiger partial charge in [0.1, 0.15) is 5.75 Å². The number of rotatable bonds is 11. The number of aliphatic hydroxyl groups is 1. The highest BCUT2D eigenvalue weighted by Crippen LogP contribution is 2.63. The van der Waals surface area contributed by atoms with Gasteiger partial charge in [-0.1, -0.05) is 47.6 Å². The third-order valence-electron chi connectivity index (χ3n) is 10.2. The summed E-state index contributed by atoms with van der Waals surface area (Å²) in [5.74, 6) is -1.16. The smallest absolute Gasteiger partial charge is 0.453 e. The SMILES string of the molecule is CC.CC(C)(C)CC[C@@H]1Cc2cc(OCOP(OC(C)(C)C)OC(C)(C)C)ccc2C2CCC3(C)C(O)CCC3C21.FC(F)(F)C(F)(F)CCCS. The second-order valence-corrected chi connectivity index (χ2v) is 19.4. The number of hydrogen-bond donors (Lipinski definition) is 2. The van der Waals surface area contributed by atoms with Crippen LogP contribution in [0.5, 0.6) is 5.75 Å². The van der Waals surface area contributed by atoms with E-state index in [9.17, 15) is 27.1 Å². The third-order valence-corrected chi connectivity index (χ3v) is 12.3.